The molecule has 2 aliphatic rings. The summed E-state index contributed by atoms with van der Waals surface area (Å²) >= 11 is 0. The number of hydrogen-bond acceptors (Lipinski definition) is 5. The van der Waals surface area contributed by atoms with Crippen LogP contribution in [0.1, 0.15) is 18.4 Å². The maximum atomic E-state index is 14.4. The SMILES string of the molecule is COc1cccc(CN2C[C@H]3CC[C@@H](Nc4cccnn4)[C@H]3C2)c1F. The molecular formula is C19H23FN4O. The molecular weight excluding hydrogens is 319 g/mol. The lowest BCUT2D eigenvalue weighted by Crippen LogP contribution is -2.30. The first-order chi connectivity index (χ1) is 12.2. The van der Waals surface area contributed by atoms with Gasteiger partial charge >= 0.3 is 0 Å². The van der Waals surface area contributed by atoms with E-state index in [-0.39, 0.29) is 5.82 Å². The van der Waals surface area contributed by atoms with Gasteiger partial charge in [-0.2, -0.15) is 5.10 Å². The van der Waals surface area contributed by atoms with Gasteiger partial charge in [0.2, 0.25) is 0 Å². The Bertz CT molecular complexity index is 727. The summed E-state index contributed by atoms with van der Waals surface area (Å²) in [6, 6.07) is 9.64. The minimum absolute atomic E-state index is 0.240. The van der Waals surface area contributed by atoms with Gasteiger partial charge in [-0.3, -0.25) is 4.90 Å². The monoisotopic (exact) mass is 342 g/mol. The van der Waals surface area contributed by atoms with Crippen molar-refractivity contribution in [2.24, 2.45) is 11.8 Å². The number of hydrogen-bond donors (Lipinski definition) is 1. The first-order valence-electron chi connectivity index (χ1n) is 8.82. The van der Waals surface area contributed by atoms with Crippen LogP contribution in [0.2, 0.25) is 0 Å². The van der Waals surface area contributed by atoms with Crippen LogP contribution in [-0.2, 0) is 6.54 Å². The lowest BCUT2D eigenvalue weighted by molar-refractivity contribution is 0.293. The molecule has 1 aromatic carbocycles. The van der Waals surface area contributed by atoms with Crippen molar-refractivity contribution in [3.63, 3.8) is 0 Å². The molecule has 5 nitrogen and oxygen atoms in total. The first-order valence-corrected chi connectivity index (χ1v) is 8.82. The molecule has 2 heterocycles. The number of fused-ring (bicyclic) bond motifs is 1. The summed E-state index contributed by atoms with van der Waals surface area (Å²) in [4.78, 5) is 2.36. The van der Waals surface area contributed by atoms with Crippen LogP contribution in [0, 0.1) is 17.7 Å². The van der Waals surface area contributed by atoms with Crippen LogP contribution in [0.4, 0.5) is 10.2 Å². The van der Waals surface area contributed by atoms with Gasteiger partial charge in [0.1, 0.15) is 5.82 Å². The summed E-state index contributed by atoms with van der Waals surface area (Å²) in [6.45, 7) is 2.65. The lowest BCUT2D eigenvalue weighted by atomic mass is 9.98. The number of methoxy groups -OCH3 is 1. The molecule has 1 saturated heterocycles. The van der Waals surface area contributed by atoms with Gasteiger partial charge in [-0.1, -0.05) is 12.1 Å². The van der Waals surface area contributed by atoms with Crippen LogP contribution < -0.4 is 10.1 Å². The third kappa shape index (κ3) is 3.31. The van der Waals surface area contributed by atoms with E-state index < -0.39 is 0 Å². The smallest absolute Gasteiger partial charge is 0.169 e. The zero-order valence-electron chi connectivity index (χ0n) is 14.4. The molecule has 0 radical (unpaired) electrons. The summed E-state index contributed by atoms with van der Waals surface area (Å²) in [5.41, 5.74) is 0.706. The Labute approximate surface area is 147 Å². The van der Waals surface area contributed by atoms with E-state index in [0.717, 1.165) is 25.3 Å². The molecule has 0 unspecified atom stereocenters. The van der Waals surface area contributed by atoms with Crippen molar-refractivity contribution in [1.82, 2.24) is 15.1 Å². The van der Waals surface area contributed by atoms with E-state index in [2.05, 4.69) is 20.4 Å². The number of nitrogens with one attached hydrogen (secondary N) is 1. The number of likely N-dealkylation sites (tertiary alicyclic amines) is 1. The summed E-state index contributed by atoms with van der Waals surface area (Å²) in [5.74, 6) is 2.17. The number of nitrogens with zero attached hydrogens (tertiary/aromatic N) is 3. The number of ether oxygens (including phenoxy) is 1. The molecule has 25 heavy (non-hydrogen) atoms. The van der Waals surface area contributed by atoms with Crippen LogP contribution in [0.5, 0.6) is 5.75 Å². The first kappa shape index (κ1) is 16.3. The Hall–Kier alpha value is -2.21. The highest BCUT2D eigenvalue weighted by molar-refractivity contribution is 5.34. The van der Waals surface area contributed by atoms with Crippen LogP contribution in [0.3, 0.4) is 0 Å². The molecule has 1 aromatic heterocycles. The molecule has 132 valence electrons. The second kappa shape index (κ2) is 6.96. The Morgan fingerprint density at radius 2 is 2.16 bits per heavy atom. The largest absolute Gasteiger partial charge is 0.494 e. The third-order valence-electron chi connectivity index (χ3n) is 5.50. The van der Waals surface area contributed by atoms with Gasteiger partial charge in [-0.15, -0.1) is 5.10 Å². The van der Waals surface area contributed by atoms with Crippen molar-refractivity contribution in [3.8, 4) is 5.75 Å². The highest BCUT2D eigenvalue weighted by Gasteiger charge is 2.42. The van der Waals surface area contributed by atoms with Gasteiger partial charge in [-0.05, 0) is 42.9 Å². The van der Waals surface area contributed by atoms with Crippen molar-refractivity contribution in [2.75, 3.05) is 25.5 Å². The van der Waals surface area contributed by atoms with Gasteiger partial charge in [-0.25, -0.2) is 4.39 Å². The Morgan fingerprint density at radius 3 is 2.96 bits per heavy atom. The van der Waals surface area contributed by atoms with E-state index in [0.29, 0.717) is 35.7 Å². The van der Waals surface area contributed by atoms with Crippen LogP contribution >= 0.6 is 0 Å². The quantitative estimate of drug-likeness (QED) is 0.905. The molecule has 0 bridgehead atoms. The van der Waals surface area contributed by atoms with Gasteiger partial charge < -0.3 is 10.1 Å². The molecule has 0 spiro atoms. The summed E-state index contributed by atoms with van der Waals surface area (Å²) in [6.07, 6.45) is 4.05. The Morgan fingerprint density at radius 1 is 1.24 bits per heavy atom. The molecule has 1 saturated carbocycles. The topological polar surface area (TPSA) is 50.3 Å². The van der Waals surface area contributed by atoms with Gasteiger partial charge in [0.25, 0.3) is 0 Å². The second-order valence-electron chi connectivity index (χ2n) is 6.99. The number of anilines is 1. The van der Waals surface area contributed by atoms with E-state index in [9.17, 15) is 4.39 Å². The standard InChI is InChI=1S/C19H23FN4O/c1-25-17-5-2-4-14(19(17)20)11-24-10-13-7-8-16(15(13)12-24)22-18-6-3-9-21-23-18/h2-6,9,13,15-16H,7-8,10-12H2,1H3,(H,22,23)/t13-,15+,16-/m1/s1. The van der Waals surface area contributed by atoms with Crippen molar-refractivity contribution in [1.29, 1.82) is 0 Å². The predicted molar refractivity (Wildman–Crippen MR) is 93.9 cm³/mol. The van der Waals surface area contributed by atoms with Crippen molar-refractivity contribution in [3.05, 3.63) is 47.9 Å². The van der Waals surface area contributed by atoms with Crippen LogP contribution in [0.15, 0.2) is 36.5 Å². The van der Waals surface area contributed by atoms with Crippen molar-refractivity contribution in [2.45, 2.75) is 25.4 Å². The van der Waals surface area contributed by atoms with Gasteiger partial charge in [0, 0.05) is 37.4 Å². The summed E-state index contributed by atoms with van der Waals surface area (Å²) < 4.78 is 19.5. The van der Waals surface area contributed by atoms with Gasteiger partial charge in [0.05, 0.1) is 7.11 Å². The van der Waals surface area contributed by atoms with E-state index in [1.807, 2.05) is 24.3 Å². The van der Waals surface area contributed by atoms with E-state index >= 15 is 0 Å². The highest BCUT2D eigenvalue weighted by Crippen LogP contribution is 2.40. The number of benzene rings is 1. The average molecular weight is 342 g/mol. The van der Waals surface area contributed by atoms with E-state index in [4.69, 9.17) is 4.74 Å². The third-order valence-corrected chi connectivity index (χ3v) is 5.50. The zero-order chi connectivity index (χ0) is 17.2. The normalized spacial score (nSPS) is 25.8. The molecule has 3 atom stereocenters. The van der Waals surface area contributed by atoms with Crippen LogP contribution in [-0.4, -0.2) is 41.3 Å². The Kier molecular flexibility index (Phi) is 4.53. The molecule has 6 heteroatoms. The fourth-order valence-electron chi connectivity index (χ4n) is 4.31. The molecule has 2 fully saturated rings. The molecule has 4 rings (SSSR count). The van der Waals surface area contributed by atoms with Crippen molar-refractivity contribution < 1.29 is 9.13 Å². The van der Waals surface area contributed by atoms with E-state index in [1.54, 1.807) is 12.3 Å². The summed E-state index contributed by atoms with van der Waals surface area (Å²) in [7, 11) is 1.51. The number of halogens is 1. The second-order valence-corrected chi connectivity index (χ2v) is 6.99. The maximum Gasteiger partial charge on any atom is 0.169 e. The predicted octanol–water partition coefficient (Wildman–Crippen LogP) is 2.95. The van der Waals surface area contributed by atoms with E-state index in [1.165, 1.54) is 13.5 Å². The zero-order valence-corrected chi connectivity index (χ0v) is 14.4. The average Bonchev–Trinajstić information content (AvgIpc) is 3.19. The molecule has 1 N–H and O–H groups in total. The molecule has 1 aliphatic carbocycles. The molecule has 1 aliphatic heterocycles. The minimum atomic E-state index is -0.240. The molecule has 2 aromatic rings. The summed E-state index contributed by atoms with van der Waals surface area (Å²) in [5, 5.41) is 11.6. The molecule has 0 amide bonds. The maximum absolute atomic E-state index is 14.4. The highest BCUT2D eigenvalue weighted by atomic mass is 19.1. The lowest BCUT2D eigenvalue weighted by Gasteiger charge is -2.22. The Balaban J connectivity index is 1.41. The number of aromatic nitrogens is 2. The minimum Gasteiger partial charge on any atom is -0.494 e. The fraction of sp³-hybridized carbons (Fsp3) is 0.474. The van der Waals surface area contributed by atoms with Gasteiger partial charge in [0.15, 0.2) is 11.6 Å². The van der Waals surface area contributed by atoms with Crippen LogP contribution in [0.25, 0.3) is 0 Å². The fourth-order valence-corrected chi connectivity index (χ4v) is 4.31. The number of rotatable bonds is 5. The van der Waals surface area contributed by atoms with Crippen molar-refractivity contribution >= 4 is 5.82 Å².